The van der Waals surface area contributed by atoms with Gasteiger partial charge in [-0.1, -0.05) is 64.0 Å². The molecule has 0 bridgehead atoms. The van der Waals surface area contributed by atoms with Gasteiger partial charge in [0.25, 0.3) is 0 Å². The largest absolute Gasteiger partial charge is 0.480 e. The van der Waals surface area contributed by atoms with Crippen LogP contribution in [0.5, 0.6) is 0 Å². The van der Waals surface area contributed by atoms with Crippen LogP contribution in [0.25, 0.3) is 0 Å². The van der Waals surface area contributed by atoms with Crippen LogP contribution in [0.15, 0.2) is 12.1 Å². The number of aryl methyl sites for hydroxylation is 1. The third-order valence-electron chi connectivity index (χ3n) is 6.72. The SMILES string of the molecule is CCCCCCCCCCc1ccc(CN2CCC(C(=O)O)(C(=O)OCC)CC2)c(F)c1F. The van der Waals surface area contributed by atoms with Gasteiger partial charge in [0.2, 0.25) is 0 Å². The van der Waals surface area contributed by atoms with Gasteiger partial charge in [-0.2, -0.15) is 0 Å². The second kappa shape index (κ2) is 13.6. The Balaban J connectivity index is 1.85. The zero-order valence-corrected chi connectivity index (χ0v) is 20.1. The van der Waals surface area contributed by atoms with E-state index in [1.807, 2.05) is 4.90 Å². The molecule has 0 saturated carbocycles. The second-order valence-electron chi connectivity index (χ2n) is 9.12. The molecule has 5 nitrogen and oxygen atoms in total. The molecule has 1 saturated heterocycles. The highest BCUT2D eigenvalue weighted by Crippen LogP contribution is 2.34. The molecular formula is C26H39F2NO4. The Kier molecular flexibility index (Phi) is 11.2. The van der Waals surface area contributed by atoms with Crippen LogP contribution in [-0.4, -0.2) is 41.6 Å². The first-order valence-electron chi connectivity index (χ1n) is 12.4. The van der Waals surface area contributed by atoms with E-state index in [1.54, 1.807) is 19.1 Å². The molecule has 0 unspecified atom stereocenters. The Bertz CT molecular complexity index is 776. The molecule has 2 rings (SSSR count). The maximum absolute atomic E-state index is 14.7. The fourth-order valence-electron chi connectivity index (χ4n) is 4.50. The minimum atomic E-state index is -1.56. The molecule has 0 spiro atoms. The lowest BCUT2D eigenvalue weighted by Gasteiger charge is -2.37. The number of carboxylic acids is 1. The number of hydrogen-bond donors (Lipinski definition) is 1. The van der Waals surface area contributed by atoms with Gasteiger partial charge >= 0.3 is 11.9 Å². The van der Waals surface area contributed by atoms with Gasteiger partial charge in [-0.05, 0) is 38.2 Å². The summed E-state index contributed by atoms with van der Waals surface area (Å²) in [5, 5.41) is 9.60. The molecule has 1 fully saturated rings. The number of piperidine rings is 1. The number of halogens is 2. The molecule has 1 aliphatic heterocycles. The molecule has 0 aliphatic carbocycles. The number of hydrogen-bond acceptors (Lipinski definition) is 4. The summed E-state index contributed by atoms with van der Waals surface area (Å²) in [5.41, 5.74) is -0.893. The number of unbranched alkanes of at least 4 members (excludes halogenated alkanes) is 7. The molecule has 1 aromatic rings. The van der Waals surface area contributed by atoms with Crippen molar-refractivity contribution in [2.24, 2.45) is 5.41 Å². The number of likely N-dealkylation sites (tertiary alicyclic amines) is 1. The summed E-state index contributed by atoms with van der Waals surface area (Å²) in [6.45, 7) is 4.73. The van der Waals surface area contributed by atoms with Gasteiger partial charge in [-0.3, -0.25) is 14.5 Å². The highest BCUT2D eigenvalue weighted by atomic mass is 19.2. The van der Waals surface area contributed by atoms with E-state index in [2.05, 4.69) is 6.92 Å². The average Bonchev–Trinajstić information content (AvgIpc) is 2.80. The van der Waals surface area contributed by atoms with Crippen molar-refractivity contribution in [3.05, 3.63) is 34.9 Å². The molecule has 186 valence electrons. The van der Waals surface area contributed by atoms with Gasteiger partial charge in [0, 0.05) is 25.2 Å². The summed E-state index contributed by atoms with van der Waals surface area (Å²) in [5.74, 6) is -3.52. The second-order valence-corrected chi connectivity index (χ2v) is 9.12. The maximum Gasteiger partial charge on any atom is 0.323 e. The van der Waals surface area contributed by atoms with Crippen molar-refractivity contribution in [2.45, 2.75) is 91.0 Å². The van der Waals surface area contributed by atoms with E-state index in [1.165, 1.54) is 32.1 Å². The zero-order valence-electron chi connectivity index (χ0n) is 20.1. The third kappa shape index (κ3) is 7.49. The molecule has 0 amide bonds. The van der Waals surface area contributed by atoms with Crippen molar-refractivity contribution in [3.8, 4) is 0 Å². The van der Waals surface area contributed by atoms with Gasteiger partial charge < -0.3 is 9.84 Å². The van der Waals surface area contributed by atoms with E-state index in [9.17, 15) is 23.5 Å². The number of esters is 1. The summed E-state index contributed by atoms with van der Waals surface area (Å²) >= 11 is 0. The van der Waals surface area contributed by atoms with Crippen molar-refractivity contribution in [1.82, 2.24) is 4.90 Å². The lowest BCUT2D eigenvalue weighted by atomic mass is 9.78. The Hall–Kier alpha value is -2.02. The molecule has 0 atom stereocenters. The molecule has 1 heterocycles. The van der Waals surface area contributed by atoms with Gasteiger partial charge in [-0.15, -0.1) is 0 Å². The fourth-order valence-corrected chi connectivity index (χ4v) is 4.50. The minimum absolute atomic E-state index is 0.0851. The molecule has 0 aromatic heterocycles. The highest BCUT2D eigenvalue weighted by molar-refractivity contribution is 5.99. The lowest BCUT2D eigenvalue weighted by Crippen LogP contribution is -2.49. The van der Waals surface area contributed by atoms with E-state index in [0.717, 1.165) is 19.3 Å². The summed E-state index contributed by atoms with van der Waals surface area (Å²) < 4.78 is 34.3. The van der Waals surface area contributed by atoms with Crippen LogP contribution in [0.2, 0.25) is 0 Å². The molecule has 7 heteroatoms. The summed E-state index contributed by atoms with van der Waals surface area (Å²) in [4.78, 5) is 25.8. The lowest BCUT2D eigenvalue weighted by molar-refractivity contribution is -0.172. The van der Waals surface area contributed by atoms with Crippen LogP contribution < -0.4 is 0 Å². The number of carboxylic acid groups (broad SMARTS) is 1. The third-order valence-corrected chi connectivity index (χ3v) is 6.72. The van der Waals surface area contributed by atoms with Crippen LogP contribution in [0.4, 0.5) is 8.78 Å². The van der Waals surface area contributed by atoms with Crippen molar-refractivity contribution in [1.29, 1.82) is 0 Å². The van der Waals surface area contributed by atoms with E-state index in [4.69, 9.17) is 4.74 Å². The summed E-state index contributed by atoms with van der Waals surface area (Å²) in [6.07, 6.45) is 9.93. The van der Waals surface area contributed by atoms with E-state index < -0.39 is 29.0 Å². The monoisotopic (exact) mass is 467 g/mol. The van der Waals surface area contributed by atoms with Crippen LogP contribution in [-0.2, 0) is 27.3 Å². The van der Waals surface area contributed by atoms with Crippen LogP contribution >= 0.6 is 0 Å². The quantitative estimate of drug-likeness (QED) is 0.210. The summed E-state index contributed by atoms with van der Waals surface area (Å²) in [6, 6.07) is 3.29. The molecule has 1 N–H and O–H groups in total. The predicted molar refractivity (Wildman–Crippen MR) is 124 cm³/mol. The molecular weight excluding hydrogens is 428 g/mol. The Morgan fingerprint density at radius 3 is 2.06 bits per heavy atom. The van der Waals surface area contributed by atoms with Crippen molar-refractivity contribution < 1.29 is 28.2 Å². The van der Waals surface area contributed by atoms with Gasteiger partial charge in [-0.25, -0.2) is 8.78 Å². The molecule has 0 radical (unpaired) electrons. The van der Waals surface area contributed by atoms with Crippen LogP contribution in [0.1, 0.15) is 89.2 Å². The van der Waals surface area contributed by atoms with E-state index in [0.29, 0.717) is 25.1 Å². The van der Waals surface area contributed by atoms with E-state index >= 15 is 0 Å². The van der Waals surface area contributed by atoms with Crippen molar-refractivity contribution >= 4 is 11.9 Å². The minimum Gasteiger partial charge on any atom is -0.480 e. The number of nitrogens with zero attached hydrogens (tertiary/aromatic N) is 1. The number of carbonyl (C=O) groups is 2. The van der Waals surface area contributed by atoms with Gasteiger partial charge in [0.05, 0.1) is 6.61 Å². The number of ether oxygens (including phenoxy) is 1. The molecule has 1 aliphatic rings. The van der Waals surface area contributed by atoms with Crippen molar-refractivity contribution in [3.63, 3.8) is 0 Å². The van der Waals surface area contributed by atoms with Crippen molar-refractivity contribution in [2.75, 3.05) is 19.7 Å². The number of aliphatic carboxylic acids is 1. The molecule has 1 aromatic carbocycles. The Morgan fingerprint density at radius 2 is 1.48 bits per heavy atom. The van der Waals surface area contributed by atoms with Crippen LogP contribution in [0.3, 0.4) is 0 Å². The van der Waals surface area contributed by atoms with Gasteiger partial charge in [0.1, 0.15) is 0 Å². The number of carbonyl (C=O) groups excluding carboxylic acids is 1. The fraction of sp³-hybridized carbons (Fsp3) is 0.692. The average molecular weight is 468 g/mol. The zero-order chi connectivity index (χ0) is 24.3. The first-order valence-corrected chi connectivity index (χ1v) is 12.4. The highest BCUT2D eigenvalue weighted by Gasteiger charge is 2.49. The molecule has 33 heavy (non-hydrogen) atoms. The standard InChI is InChI=1S/C26H39F2NO4/c1-3-5-6-7-8-9-10-11-12-20-13-14-21(23(28)22(20)27)19-29-17-15-26(16-18-29,24(30)31)25(32)33-4-2/h13-14H,3-12,15-19H2,1-2H3,(H,30,31). The topological polar surface area (TPSA) is 66.8 Å². The predicted octanol–water partition coefficient (Wildman–Crippen LogP) is 5.88. The maximum atomic E-state index is 14.7. The first kappa shape index (κ1) is 27.2. The van der Waals surface area contributed by atoms with Crippen LogP contribution in [0, 0.1) is 17.0 Å². The van der Waals surface area contributed by atoms with Gasteiger partial charge in [0.15, 0.2) is 17.0 Å². The Morgan fingerprint density at radius 1 is 0.939 bits per heavy atom. The normalized spacial score (nSPS) is 16.0. The number of rotatable bonds is 14. The Labute approximate surface area is 196 Å². The van der Waals surface area contributed by atoms with E-state index in [-0.39, 0.29) is 31.6 Å². The first-order chi connectivity index (χ1) is 15.9. The summed E-state index contributed by atoms with van der Waals surface area (Å²) in [7, 11) is 0. The number of benzene rings is 1. The smallest absolute Gasteiger partial charge is 0.323 e.